The summed E-state index contributed by atoms with van der Waals surface area (Å²) in [5.74, 6) is 0.850. The maximum absolute atomic E-state index is 5.34. The lowest BCUT2D eigenvalue weighted by Gasteiger charge is -2.34. The van der Waals surface area contributed by atoms with Gasteiger partial charge >= 0.3 is 0 Å². The van der Waals surface area contributed by atoms with Crippen molar-refractivity contribution in [3.8, 4) is 27.9 Å². The third-order valence-electron chi connectivity index (χ3n) is 13.0. The summed E-state index contributed by atoms with van der Waals surface area (Å²) < 4.78 is 2.44. The van der Waals surface area contributed by atoms with Gasteiger partial charge in [0.05, 0.1) is 16.4 Å². The Morgan fingerprint density at radius 1 is 0.419 bits per heavy atom. The molecule has 1 aromatic heterocycles. The average molecular weight is 795 g/mol. The lowest BCUT2D eigenvalue weighted by atomic mass is 9.67. The van der Waals surface area contributed by atoms with Crippen LogP contribution in [-0.2, 0) is 5.41 Å². The van der Waals surface area contributed by atoms with Gasteiger partial charge in [0, 0.05) is 22.0 Å². The minimum absolute atomic E-state index is 0.161. The monoisotopic (exact) mass is 794 g/mol. The molecule has 4 heteroatoms. The molecule has 4 nitrogen and oxygen atoms in total. The Kier molecular flexibility index (Phi) is 8.58. The third-order valence-corrected chi connectivity index (χ3v) is 13.0. The Hall–Kier alpha value is -7.79. The van der Waals surface area contributed by atoms with Crippen molar-refractivity contribution in [2.24, 2.45) is 4.99 Å². The first kappa shape index (κ1) is 36.1. The van der Waals surface area contributed by atoms with Crippen LogP contribution in [0.1, 0.15) is 51.3 Å². The second-order valence-electron chi connectivity index (χ2n) is 16.4. The van der Waals surface area contributed by atoms with Crippen molar-refractivity contribution in [3.05, 3.63) is 269 Å². The Balaban J connectivity index is 1.01. The largest absolute Gasteiger partial charge is 0.350 e. The molecular weight excluding hydrogens is 753 g/mol. The Morgan fingerprint density at radius 3 is 1.77 bits per heavy atom. The summed E-state index contributed by atoms with van der Waals surface area (Å²) >= 11 is 0. The predicted octanol–water partition coefficient (Wildman–Crippen LogP) is 13.2. The molecule has 2 aliphatic rings. The van der Waals surface area contributed by atoms with Gasteiger partial charge in [-0.15, -0.1) is 0 Å². The summed E-state index contributed by atoms with van der Waals surface area (Å²) in [4.78, 5) is 5.34. The highest BCUT2D eigenvalue weighted by atomic mass is 15.3. The van der Waals surface area contributed by atoms with Gasteiger partial charge < -0.3 is 9.88 Å². The number of aliphatic imine (C=N–C) groups is 1. The highest BCUT2D eigenvalue weighted by molar-refractivity contribution is 6.12. The van der Waals surface area contributed by atoms with E-state index in [0.717, 1.165) is 28.2 Å². The molecule has 10 aromatic rings. The van der Waals surface area contributed by atoms with E-state index in [-0.39, 0.29) is 12.3 Å². The Morgan fingerprint density at radius 2 is 1.03 bits per heavy atom. The fraction of sp³-hybridized carbons (Fsp3) is 0.0517. The molecule has 0 spiro atoms. The lowest BCUT2D eigenvalue weighted by Crippen LogP contribution is -2.45. The van der Waals surface area contributed by atoms with Crippen molar-refractivity contribution in [3.63, 3.8) is 0 Å². The molecule has 2 atom stereocenters. The summed E-state index contributed by atoms with van der Waals surface area (Å²) in [6, 6.07) is 83.6. The summed E-state index contributed by atoms with van der Waals surface area (Å²) in [6.07, 6.45) is -0.396. The van der Waals surface area contributed by atoms with Gasteiger partial charge in [0.25, 0.3) is 0 Å². The van der Waals surface area contributed by atoms with Gasteiger partial charge in [0.15, 0.2) is 0 Å². The van der Waals surface area contributed by atoms with Crippen molar-refractivity contribution >= 4 is 27.6 Å². The van der Waals surface area contributed by atoms with Gasteiger partial charge in [-0.2, -0.15) is 0 Å². The van der Waals surface area contributed by atoms with E-state index in [2.05, 4.69) is 246 Å². The van der Waals surface area contributed by atoms with Crippen LogP contribution in [0.4, 0.5) is 0 Å². The van der Waals surface area contributed by atoms with Crippen LogP contribution in [0.25, 0.3) is 49.7 Å². The van der Waals surface area contributed by atoms with E-state index in [1.54, 1.807) is 0 Å². The van der Waals surface area contributed by atoms with Crippen LogP contribution in [-0.4, -0.2) is 10.4 Å². The number of hydrogen-bond acceptors (Lipinski definition) is 3. The van der Waals surface area contributed by atoms with E-state index < -0.39 is 5.41 Å². The second kappa shape index (κ2) is 14.7. The minimum Gasteiger partial charge on any atom is -0.350 e. The molecule has 294 valence electrons. The standard InChI is InChI=1S/C58H42N4/c1-5-18-39(19-6-1)40-32-34-42(35-33-40)56-59-55(41-20-7-2-8-21-41)60-57(61-56)43-22-17-27-46(36-43)62-53-31-16-14-29-48(53)50-37-52-49(38-54(50)62)47-28-13-15-30-51(47)58(52,44-23-9-3-10-24-44)45-25-11-4-12-26-45/h1-38,55-56,59H,(H,60,61). The lowest BCUT2D eigenvalue weighted by molar-refractivity contribution is 0.409. The van der Waals surface area contributed by atoms with Gasteiger partial charge in [0.1, 0.15) is 18.2 Å². The Labute approximate surface area is 361 Å². The van der Waals surface area contributed by atoms with Crippen molar-refractivity contribution in [1.82, 2.24) is 15.2 Å². The van der Waals surface area contributed by atoms with E-state index in [0.29, 0.717) is 0 Å². The van der Waals surface area contributed by atoms with Gasteiger partial charge in [-0.25, -0.2) is 4.99 Å². The third kappa shape index (κ3) is 5.76. The molecule has 0 bridgehead atoms. The predicted molar refractivity (Wildman–Crippen MR) is 255 cm³/mol. The molecule has 0 saturated carbocycles. The normalized spacial score (nSPS) is 16.4. The number of hydrogen-bond donors (Lipinski definition) is 2. The molecule has 0 radical (unpaired) electrons. The first-order chi connectivity index (χ1) is 30.7. The SMILES string of the molecule is c1ccc(-c2ccc(C3NC(c4cccc(-n5c6ccccc6c6cc7c(cc65)-c5ccccc5C7(c5ccccc5)c5ccccc5)c4)=NC(c4ccccc4)N3)cc2)cc1. The molecule has 0 saturated heterocycles. The van der Waals surface area contributed by atoms with Gasteiger partial charge in [-0.3, -0.25) is 5.32 Å². The van der Waals surface area contributed by atoms with Crippen LogP contribution >= 0.6 is 0 Å². The van der Waals surface area contributed by atoms with Crippen LogP contribution in [0.2, 0.25) is 0 Å². The fourth-order valence-corrected chi connectivity index (χ4v) is 10.2. The molecule has 9 aromatic carbocycles. The second-order valence-corrected chi connectivity index (χ2v) is 16.4. The smallest absolute Gasteiger partial charge is 0.131 e. The molecule has 0 fully saturated rings. The number of fused-ring (bicyclic) bond motifs is 6. The van der Waals surface area contributed by atoms with Gasteiger partial charge in [-0.1, -0.05) is 200 Å². The molecule has 2 N–H and O–H groups in total. The van der Waals surface area contributed by atoms with Crippen molar-refractivity contribution < 1.29 is 0 Å². The van der Waals surface area contributed by atoms with E-state index in [9.17, 15) is 0 Å². The number of benzene rings is 9. The molecule has 62 heavy (non-hydrogen) atoms. The zero-order valence-corrected chi connectivity index (χ0v) is 34.0. The molecule has 0 amide bonds. The van der Waals surface area contributed by atoms with Crippen molar-refractivity contribution in [2.45, 2.75) is 17.7 Å². The van der Waals surface area contributed by atoms with E-state index in [4.69, 9.17) is 4.99 Å². The quantitative estimate of drug-likeness (QED) is 0.169. The molecule has 1 aliphatic carbocycles. The van der Waals surface area contributed by atoms with E-state index in [1.807, 2.05) is 0 Å². The molecule has 1 aliphatic heterocycles. The topological polar surface area (TPSA) is 41.4 Å². The number of nitrogens with zero attached hydrogens (tertiary/aromatic N) is 2. The average Bonchev–Trinajstić information content (AvgIpc) is 3.84. The molecular formula is C58H42N4. The number of aromatic nitrogens is 1. The highest BCUT2D eigenvalue weighted by Crippen LogP contribution is 2.57. The van der Waals surface area contributed by atoms with Crippen molar-refractivity contribution in [1.29, 1.82) is 0 Å². The minimum atomic E-state index is -0.474. The van der Waals surface area contributed by atoms with Crippen molar-refractivity contribution in [2.75, 3.05) is 0 Å². The number of amidine groups is 1. The maximum Gasteiger partial charge on any atom is 0.131 e. The summed E-state index contributed by atoms with van der Waals surface area (Å²) in [5, 5.41) is 10.1. The van der Waals surface area contributed by atoms with Gasteiger partial charge in [0.2, 0.25) is 0 Å². The zero-order chi connectivity index (χ0) is 41.0. The maximum atomic E-state index is 5.34. The molecule has 12 rings (SSSR count). The van der Waals surface area contributed by atoms with Crippen LogP contribution in [0, 0.1) is 0 Å². The van der Waals surface area contributed by atoms with Crippen LogP contribution in [0.5, 0.6) is 0 Å². The first-order valence-corrected chi connectivity index (χ1v) is 21.4. The zero-order valence-electron chi connectivity index (χ0n) is 34.0. The van der Waals surface area contributed by atoms with Crippen LogP contribution in [0.3, 0.4) is 0 Å². The summed E-state index contributed by atoms with van der Waals surface area (Å²) in [7, 11) is 0. The fourth-order valence-electron chi connectivity index (χ4n) is 10.2. The molecule has 2 heterocycles. The van der Waals surface area contributed by atoms with E-state index >= 15 is 0 Å². The summed E-state index contributed by atoms with van der Waals surface area (Å²) in [5.41, 5.74) is 16.3. The number of nitrogens with one attached hydrogen (secondary N) is 2. The Bertz CT molecular complexity index is 3240. The summed E-state index contributed by atoms with van der Waals surface area (Å²) in [6.45, 7) is 0. The number of rotatable bonds is 7. The van der Waals surface area contributed by atoms with Gasteiger partial charge in [-0.05, 0) is 86.0 Å². The first-order valence-electron chi connectivity index (χ1n) is 21.4. The number of para-hydroxylation sites is 1. The van der Waals surface area contributed by atoms with Crippen LogP contribution < -0.4 is 10.6 Å². The van der Waals surface area contributed by atoms with Crippen LogP contribution in [0.15, 0.2) is 236 Å². The highest BCUT2D eigenvalue weighted by Gasteiger charge is 2.46. The van der Waals surface area contributed by atoms with E-state index in [1.165, 1.54) is 66.3 Å². The molecule has 2 unspecified atom stereocenters.